The van der Waals surface area contributed by atoms with Gasteiger partial charge in [0.25, 0.3) is 0 Å². The van der Waals surface area contributed by atoms with Gasteiger partial charge in [-0.05, 0) is 25.0 Å². The van der Waals surface area contributed by atoms with Gasteiger partial charge >= 0.3 is 0 Å². The summed E-state index contributed by atoms with van der Waals surface area (Å²) in [7, 11) is 0. The smallest absolute Gasteiger partial charge is 0.168 e. The molecule has 1 aromatic rings. The van der Waals surface area contributed by atoms with E-state index in [9.17, 15) is 8.78 Å². The van der Waals surface area contributed by atoms with Crippen LogP contribution >= 0.6 is 11.6 Å². The number of hydrogen-bond donors (Lipinski definition) is 1. The zero-order valence-corrected chi connectivity index (χ0v) is 8.65. The van der Waals surface area contributed by atoms with Crippen molar-refractivity contribution in [2.75, 3.05) is 12.3 Å². The normalized spacial score (nSPS) is 17.5. The number of rotatable bonds is 3. The van der Waals surface area contributed by atoms with Gasteiger partial charge in [0.05, 0.1) is 5.69 Å². The summed E-state index contributed by atoms with van der Waals surface area (Å²) < 4.78 is 31.5. The first-order valence-corrected chi connectivity index (χ1v) is 4.95. The van der Waals surface area contributed by atoms with E-state index in [-0.39, 0.29) is 23.1 Å². The molecule has 0 aliphatic heterocycles. The Kier molecular flexibility index (Phi) is 2.46. The van der Waals surface area contributed by atoms with E-state index in [1.807, 2.05) is 0 Å². The van der Waals surface area contributed by atoms with Gasteiger partial charge in [0.15, 0.2) is 5.82 Å². The molecule has 0 aromatic heterocycles. The van der Waals surface area contributed by atoms with Crippen molar-refractivity contribution in [2.45, 2.75) is 18.5 Å². The Morgan fingerprint density at radius 1 is 1.47 bits per heavy atom. The molecule has 2 rings (SSSR count). The predicted molar refractivity (Wildman–Crippen MR) is 54.4 cm³/mol. The first-order chi connectivity index (χ1) is 7.02. The monoisotopic (exact) mass is 233 g/mol. The summed E-state index contributed by atoms with van der Waals surface area (Å²) in [6.07, 6.45) is 0.976. The lowest BCUT2D eigenvalue weighted by atomic mass is 10.3. The molecule has 0 spiro atoms. The lowest BCUT2D eigenvalue weighted by Crippen LogP contribution is -2.13. The number of benzene rings is 1. The fourth-order valence-electron chi connectivity index (χ4n) is 1.15. The molecule has 0 atom stereocenters. The van der Waals surface area contributed by atoms with E-state index in [1.54, 1.807) is 0 Å². The highest BCUT2D eigenvalue weighted by Crippen LogP contribution is 2.41. The molecule has 2 N–H and O–H groups in total. The van der Waals surface area contributed by atoms with Gasteiger partial charge in [-0.25, -0.2) is 8.78 Å². The van der Waals surface area contributed by atoms with Crippen LogP contribution in [0.15, 0.2) is 12.1 Å². The molecule has 15 heavy (non-hydrogen) atoms. The Hall–Kier alpha value is -1.03. The molecule has 82 valence electrons. The van der Waals surface area contributed by atoms with Gasteiger partial charge in [-0.2, -0.15) is 0 Å². The number of hydrogen-bond acceptors (Lipinski definition) is 2. The van der Waals surface area contributed by atoms with Crippen LogP contribution in [0.1, 0.15) is 12.8 Å². The average molecular weight is 234 g/mol. The molecule has 2 nitrogen and oxygen atoms in total. The van der Waals surface area contributed by atoms with E-state index in [1.165, 1.54) is 12.1 Å². The SMILES string of the molecule is Nc1ccc(OCC2(F)CC2)c(Cl)c1F. The number of nitrogen functional groups attached to an aromatic ring is 1. The number of anilines is 1. The minimum atomic E-state index is -1.25. The van der Waals surface area contributed by atoms with Crippen molar-refractivity contribution < 1.29 is 13.5 Å². The molecular weight excluding hydrogens is 224 g/mol. The van der Waals surface area contributed by atoms with Gasteiger partial charge in [-0.3, -0.25) is 0 Å². The molecular formula is C10H10ClF2NO. The minimum Gasteiger partial charge on any atom is -0.489 e. The molecule has 1 aromatic carbocycles. The third-order valence-corrected chi connectivity index (χ3v) is 2.71. The van der Waals surface area contributed by atoms with Crippen LogP contribution in [0.4, 0.5) is 14.5 Å². The summed E-state index contributed by atoms with van der Waals surface area (Å²) in [6, 6.07) is 2.78. The Balaban J connectivity index is 2.11. The Labute approximate surface area is 91.0 Å². The van der Waals surface area contributed by atoms with E-state index >= 15 is 0 Å². The first kappa shape index (κ1) is 10.5. The molecule has 0 bridgehead atoms. The molecule has 5 heteroatoms. The number of ether oxygens (including phenoxy) is 1. The third-order valence-electron chi connectivity index (χ3n) is 2.36. The van der Waals surface area contributed by atoms with Crippen molar-refractivity contribution in [3.05, 3.63) is 23.0 Å². The summed E-state index contributed by atoms with van der Waals surface area (Å²) >= 11 is 5.65. The Bertz CT molecular complexity index is 393. The fraction of sp³-hybridized carbons (Fsp3) is 0.400. The highest BCUT2D eigenvalue weighted by atomic mass is 35.5. The van der Waals surface area contributed by atoms with Gasteiger partial charge in [-0.1, -0.05) is 11.6 Å². The molecule has 0 heterocycles. The van der Waals surface area contributed by atoms with Crippen LogP contribution in [0.2, 0.25) is 5.02 Å². The van der Waals surface area contributed by atoms with Crippen molar-refractivity contribution >= 4 is 17.3 Å². The van der Waals surface area contributed by atoms with Crippen molar-refractivity contribution in [1.82, 2.24) is 0 Å². The van der Waals surface area contributed by atoms with E-state index < -0.39 is 11.5 Å². The maximum Gasteiger partial charge on any atom is 0.168 e. The van der Waals surface area contributed by atoms with Crippen molar-refractivity contribution in [1.29, 1.82) is 0 Å². The molecule has 0 unspecified atom stereocenters. The van der Waals surface area contributed by atoms with Gasteiger partial charge in [0, 0.05) is 0 Å². The topological polar surface area (TPSA) is 35.2 Å². The molecule has 1 aliphatic rings. The van der Waals surface area contributed by atoms with Crippen LogP contribution in [0, 0.1) is 5.82 Å². The number of nitrogens with two attached hydrogens (primary N) is 1. The van der Waals surface area contributed by atoms with Crippen LogP contribution in [0.5, 0.6) is 5.75 Å². The van der Waals surface area contributed by atoms with Gasteiger partial charge in [0.2, 0.25) is 0 Å². The van der Waals surface area contributed by atoms with Crippen LogP contribution in [-0.4, -0.2) is 12.3 Å². The third kappa shape index (κ3) is 2.15. The second-order valence-electron chi connectivity index (χ2n) is 3.72. The second-order valence-corrected chi connectivity index (χ2v) is 4.10. The molecule has 0 radical (unpaired) electrons. The standard InChI is InChI=1S/C10H10ClF2NO/c11-8-7(2-1-6(14)9(8)12)15-5-10(13)3-4-10/h1-2H,3-5,14H2. The number of halogens is 3. The molecule has 0 saturated heterocycles. The highest BCUT2D eigenvalue weighted by molar-refractivity contribution is 6.32. The molecule has 1 saturated carbocycles. The van der Waals surface area contributed by atoms with E-state index in [0.717, 1.165) is 0 Å². The van der Waals surface area contributed by atoms with E-state index in [2.05, 4.69) is 0 Å². The zero-order chi connectivity index (χ0) is 11.1. The second kappa shape index (κ2) is 3.52. The van der Waals surface area contributed by atoms with Crippen molar-refractivity contribution in [2.24, 2.45) is 0 Å². The van der Waals surface area contributed by atoms with E-state index in [4.69, 9.17) is 22.1 Å². The Morgan fingerprint density at radius 2 is 2.13 bits per heavy atom. The molecule has 0 amide bonds. The van der Waals surface area contributed by atoms with E-state index in [0.29, 0.717) is 12.8 Å². The lowest BCUT2D eigenvalue weighted by molar-refractivity contribution is 0.177. The predicted octanol–water partition coefficient (Wildman–Crippen LogP) is 2.94. The highest BCUT2D eigenvalue weighted by Gasteiger charge is 2.44. The molecule has 1 fully saturated rings. The van der Waals surface area contributed by atoms with Crippen LogP contribution < -0.4 is 10.5 Å². The lowest BCUT2D eigenvalue weighted by Gasteiger charge is -2.11. The van der Waals surface area contributed by atoms with Crippen LogP contribution in [0.3, 0.4) is 0 Å². The number of alkyl halides is 1. The summed E-state index contributed by atoms with van der Waals surface area (Å²) in [5.41, 5.74) is 4.00. The maximum absolute atomic E-state index is 13.2. The van der Waals surface area contributed by atoms with Crippen molar-refractivity contribution in [3.8, 4) is 5.75 Å². The van der Waals surface area contributed by atoms with Gasteiger partial charge < -0.3 is 10.5 Å². The fourth-order valence-corrected chi connectivity index (χ4v) is 1.37. The Morgan fingerprint density at radius 3 is 2.73 bits per heavy atom. The summed E-state index contributed by atoms with van der Waals surface area (Å²) in [6.45, 7) is -0.0872. The summed E-state index contributed by atoms with van der Waals surface area (Å²) in [5.74, 6) is -0.592. The summed E-state index contributed by atoms with van der Waals surface area (Å²) in [4.78, 5) is 0. The minimum absolute atomic E-state index is 0.0475. The quantitative estimate of drug-likeness (QED) is 0.815. The van der Waals surface area contributed by atoms with Crippen LogP contribution in [0.25, 0.3) is 0 Å². The largest absolute Gasteiger partial charge is 0.489 e. The summed E-state index contributed by atoms with van der Waals surface area (Å²) in [5, 5.41) is -0.195. The first-order valence-electron chi connectivity index (χ1n) is 4.57. The molecule has 1 aliphatic carbocycles. The zero-order valence-electron chi connectivity index (χ0n) is 7.90. The van der Waals surface area contributed by atoms with Crippen LogP contribution in [-0.2, 0) is 0 Å². The average Bonchev–Trinajstić information content (AvgIpc) is 2.93. The van der Waals surface area contributed by atoms with Gasteiger partial charge in [-0.15, -0.1) is 0 Å². The van der Waals surface area contributed by atoms with Crippen molar-refractivity contribution in [3.63, 3.8) is 0 Å². The maximum atomic E-state index is 13.2. The van der Waals surface area contributed by atoms with Gasteiger partial charge in [0.1, 0.15) is 23.0 Å².